The van der Waals surface area contributed by atoms with Crippen molar-refractivity contribution in [2.75, 3.05) is 11.9 Å². The number of nitrogens with one attached hydrogen (secondary N) is 1. The molecule has 0 fully saturated rings. The molecule has 1 N–H and O–H groups in total. The fourth-order valence-electron chi connectivity index (χ4n) is 2.37. The number of rotatable bonds is 2. The zero-order chi connectivity index (χ0) is 15.7. The van der Waals surface area contributed by atoms with Crippen LogP contribution in [0.25, 0.3) is 0 Å². The van der Waals surface area contributed by atoms with Gasteiger partial charge in [-0.1, -0.05) is 40.9 Å². The van der Waals surface area contributed by atoms with Gasteiger partial charge in [-0.2, -0.15) is 0 Å². The van der Waals surface area contributed by atoms with Gasteiger partial charge in [0.05, 0.1) is 21.7 Å². The fourth-order valence-corrected chi connectivity index (χ4v) is 2.91. The van der Waals surface area contributed by atoms with Gasteiger partial charge in [-0.05, 0) is 42.3 Å². The Hall–Kier alpha value is -1.42. The van der Waals surface area contributed by atoms with Gasteiger partial charge in [0.15, 0.2) is 0 Å². The molecule has 0 aromatic heterocycles. The van der Waals surface area contributed by atoms with Crippen LogP contribution in [0.5, 0.6) is 5.75 Å². The van der Waals surface area contributed by atoms with E-state index in [0.717, 1.165) is 11.3 Å². The number of amides is 1. The first kappa shape index (κ1) is 15.5. The second kappa shape index (κ2) is 6.37. The predicted molar refractivity (Wildman–Crippen MR) is 89.2 cm³/mol. The van der Waals surface area contributed by atoms with E-state index in [-0.39, 0.29) is 11.8 Å². The smallest absolute Gasteiger partial charge is 0.231 e. The van der Waals surface area contributed by atoms with E-state index in [1.807, 2.05) is 12.1 Å². The molecule has 0 bridgehead atoms. The second-order valence-electron chi connectivity index (χ2n) is 5.05. The predicted octanol–water partition coefficient (Wildman–Crippen LogP) is 4.84. The lowest BCUT2D eigenvalue weighted by Crippen LogP contribution is -2.32. The molecule has 1 atom stereocenters. The number of anilines is 1. The standard InChI is InChI=1S/C16H12Cl3NO2/c17-11-4-5-14-9(7-11)6-10(8-22-14)16(21)20-13-3-1-2-12(18)15(13)19/h1-5,7,10H,6,8H2,(H,20,21). The summed E-state index contributed by atoms with van der Waals surface area (Å²) in [6.45, 7) is 0.318. The van der Waals surface area contributed by atoms with Crippen molar-refractivity contribution in [1.82, 2.24) is 0 Å². The normalized spacial score (nSPS) is 16.6. The van der Waals surface area contributed by atoms with Crippen molar-refractivity contribution in [3.05, 3.63) is 57.0 Å². The van der Waals surface area contributed by atoms with Crippen molar-refractivity contribution >= 4 is 46.4 Å². The van der Waals surface area contributed by atoms with E-state index in [2.05, 4.69) is 5.32 Å². The van der Waals surface area contributed by atoms with E-state index >= 15 is 0 Å². The molecule has 0 spiro atoms. The maximum absolute atomic E-state index is 12.4. The first-order valence-electron chi connectivity index (χ1n) is 6.70. The number of hydrogen-bond acceptors (Lipinski definition) is 2. The summed E-state index contributed by atoms with van der Waals surface area (Å²) < 4.78 is 5.63. The first-order chi connectivity index (χ1) is 10.5. The van der Waals surface area contributed by atoms with Crippen LogP contribution in [0.3, 0.4) is 0 Å². The lowest BCUT2D eigenvalue weighted by atomic mass is 9.96. The molecule has 0 aliphatic carbocycles. The Labute approximate surface area is 143 Å². The molecule has 22 heavy (non-hydrogen) atoms. The van der Waals surface area contributed by atoms with Gasteiger partial charge >= 0.3 is 0 Å². The van der Waals surface area contributed by atoms with Crippen LogP contribution in [0.4, 0.5) is 5.69 Å². The summed E-state index contributed by atoms with van der Waals surface area (Å²) in [6.07, 6.45) is 0.569. The molecule has 3 nitrogen and oxygen atoms in total. The highest BCUT2D eigenvalue weighted by molar-refractivity contribution is 6.44. The van der Waals surface area contributed by atoms with Crippen LogP contribution in [0.15, 0.2) is 36.4 Å². The monoisotopic (exact) mass is 355 g/mol. The van der Waals surface area contributed by atoms with Crippen LogP contribution in [-0.2, 0) is 11.2 Å². The molecular weight excluding hydrogens is 345 g/mol. The summed E-state index contributed by atoms with van der Waals surface area (Å²) in [5, 5.41) is 4.15. The van der Waals surface area contributed by atoms with E-state index in [4.69, 9.17) is 39.5 Å². The molecule has 1 aliphatic rings. The molecule has 1 heterocycles. The average Bonchev–Trinajstić information content (AvgIpc) is 2.51. The minimum absolute atomic E-state index is 0.158. The zero-order valence-electron chi connectivity index (χ0n) is 11.4. The average molecular weight is 357 g/mol. The Balaban J connectivity index is 1.75. The third kappa shape index (κ3) is 3.17. The minimum atomic E-state index is -0.305. The molecule has 6 heteroatoms. The molecule has 0 saturated carbocycles. The molecule has 3 rings (SSSR count). The van der Waals surface area contributed by atoms with Crippen LogP contribution >= 0.6 is 34.8 Å². The van der Waals surface area contributed by atoms with Gasteiger partial charge in [0.25, 0.3) is 0 Å². The van der Waals surface area contributed by atoms with Crippen LogP contribution < -0.4 is 10.1 Å². The number of halogens is 3. The van der Waals surface area contributed by atoms with E-state index in [0.29, 0.717) is 33.8 Å². The number of ether oxygens (including phenoxy) is 1. The molecule has 0 saturated heterocycles. The fraction of sp³-hybridized carbons (Fsp3) is 0.188. The number of carbonyl (C=O) groups excluding carboxylic acids is 1. The van der Waals surface area contributed by atoms with Gasteiger partial charge in [0.2, 0.25) is 5.91 Å². The SMILES string of the molecule is O=C(Nc1cccc(Cl)c1Cl)C1COc2ccc(Cl)cc2C1. The summed E-state index contributed by atoms with van der Waals surface area (Å²) in [7, 11) is 0. The van der Waals surface area contributed by atoms with Crippen molar-refractivity contribution in [1.29, 1.82) is 0 Å². The van der Waals surface area contributed by atoms with Crippen LogP contribution in [0.1, 0.15) is 5.56 Å². The van der Waals surface area contributed by atoms with Gasteiger partial charge in [-0.25, -0.2) is 0 Å². The molecule has 1 unspecified atom stereocenters. The van der Waals surface area contributed by atoms with Crippen molar-refractivity contribution in [3.63, 3.8) is 0 Å². The van der Waals surface area contributed by atoms with Gasteiger partial charge in [-0.3, -0.25) is 4.79 Å². The summed E-state index contributed by atoms with van der Waals surface area (Å²) in [5.41, 5.74) is 1.42. The Morgan fingerprint density at radius 3 is 2.82 bits per heavy atom. The third-order valence-electron chi connectivity index (χ3n) is 3.51. The van der Waals surface area contributed by atoms with E-state index in [1.54, 1.807) is 24.3 Å². The van der Waals surface area contributed by atoms with Crippen LogP contribution in [0, 0.1) is 5.92 Å². The van der Waals surface area contributed by atoms with Crippen molar-refractivity contribution in [2.45, 2.75) is 6.42 Å². The largest absolute Gasteiger partial charge is 0.492 e. The Morgan fingerprint density at radius 2 is 2.00 bits per heavy atom. The zero-order valence-corrected chi connectivity index (χ0v) is 13.7. The number of carbonyl (C=O) groups is 1. The van der Waals surface area contributed by atoms with Gasteiger partial charge < -0.3 is 10.1 Å². The molecule has 0 radical (unpaired) electrons. The van der Waals surface area contributed by atoms with Gasteiger partial charge in [0.1, 0.15) is 12.4 Å². The maximum atomic E-state index is 12.4. The second-order valence-corrected chi connectivity index (χ2v) is 6.28. The van der Waals surface area contributed by atoms with Crippen LogP contribution in [-0.4, -0.2) is 12.5 Å². The van der Waals surface area contributed by atoms with E-state index in [9.17, 15) is 4.79 Å². The molecule has 2 aromatic rings. The highest BCUT2D eigenvalue weighted by Gasteiger charge is 2.26. The summed E-state index contributed by atoms with van der Waals surface area (Å²) in [4.78, 5) is 12.4. The number of hydrogen-bond donors (Lipinski definition) is 1. The van der Waals surface area contributed by atoms with Crippen LogP contribution in [0.2, 0.25) is 15.1 Å². The highest BCUT2D eigenvalue weighted by Crippen LogP contribution is 2.32. The molecule has 1 aliphatic heterocycles. The lowest BCUT2D eigenvalue weighted by Gasteiger charge is -2.25. The minimum Gasteiger partial charge on any atom is -0.492 e. The van der Waals surface area contributed by atoms with Gasteiger partial charge in [-0.15, -0.1) is 0 Å². The molecular formula is C16H12Cl3NO2. The van der Waals surface area contributed by atoms with E-state index < -0.39 is 0 Å². The quantitative estimate of drug-likeness (QED) is 0.836. The summed E-state index contributed by atoms with van der Waals surface area (Å²) in [5.74, 6) is 0.310. The Bertz CT molecular complexity index is 733. The molecule has 1 amide bonds. The Morgan fingerprint density at radius 1 is 1.18 bits per heavy atom. The number of fused-ring (bicyclic) bond motifs is 1. The van der Waals surface area contributed by atoms with Crippen molar-refractivity contribution < 1.29 is 9.53 Å². The Kier molecular flexibility index (Phi) is 4.48. The molecule has 2 aromatic carbocycles. The van der Waals surface area contributed by atoms with E-state index in [1.165, 1.54) is 0 Å². The third-order valence-corrected chi connectivity index (χ3v) is 4.56. The summed E-state index contributed by atoms with van der Waals surface area (Å²) >= 11 is 18.0. The van der Waals surface area contributed by atoms with Crippen molar-refractivity contribution in [2.24, 2.45) is 5.92 Å². The topological polar surface area (TPSA) is 38.3 Å². The first-order valence-corrected chi connectivity index (χ1v) is 7.84. The highest BCUT2D eigenvalue weighted by atomic mass is 35.5. The van der Waals surface area contributed by atoms with Gasteiger partial charge in [0, 0.05) is 5.02 Å². The summed E-state index contributed by atoms with van der Waals surface area (Å²) in [6, 6.07) is 10.5. The van der Waals surface area contributed by atoms with Crippen molar-refractivity contribution in [3.8, 4) is 5.75 Å². The lowest BCUT2D eigenvalue weighted by molar-refractivity contribution is -0.121. The maximum Gasteiger partial charge on any atom is 0.231 e. The molecule has 114 valence electrons. The number of benzene rings is 2.